The minimum absolute atomic E-state index is 0.681. The Hall–Kier alpha value is -0.0800. The molecule has 2 fully saturated rings. The summed E-state index contributed by atoms with van der Waals surface area (Å²) in [5.74, 6) is 1.01. The molecule has 2 N–H and O–H groups in total. The van der Waals surface area contributed by atoms with Gasteiger partial charge in [0, 0.05) is 18.6 Å². The number of nitrogens with zero attached hydrogens (tertiary/aromatic N) is 1. The van der Waals surface area contributed by atoms with E-state index in [0.717, 1.165) is 18.5 Å². The molecule has 0 aromatic heterocycles. The fourth-order valence-corrected chi connectivity index (χ4v) is 3.82. The number of rotatable bonds is 3. The van der Waals surface area contributed by atoms with Gasteiger partial charge in [-0.1, -0.05) is 26.2 Å². The predicted molar refractivity (Wildman–Crippen MR) is 74.1 cm³/mol. The Labute approximate surface area is 107 Å². The second-order valence-electron chi connectivity index (χ2n) is 6.06. The normalized spacial score (nSPS) is 36.7. The first-order valence-electron chi connectivity index (χ1n) is 7.81. The zero-order chi connectivity index (χ0) is 12.1. The van der Waals surface area contributed by atoms with Crippen LogP contribution in [0.4, 0.5) is 0 Å². The standard InChI is InChI=1S/C15H30N2/c1-2-13-7-9-14(10-8-13)17-11-5-3-4-6-15(17)12-16/h13-15H,2-12,16H2,1H3. The van der Waals surface area contributed by atoms with Gasteiger partial charge in [0.2, 0.25) is 0 Å². The molecule has 2 rings (SSSR count). The van der Waals surface area contributed by atoms with Gasteiger partial charge in [-0.2, -0.15) is 0 Å². The van der Waals surface area contributed by atoms with Gasteiger partial charge < -0.3 is 5.73 Å². The Balaban J connectivity index is 1.90. The van der Waals surface area contributed by atoms with Gasteiger partial charge in [0.05, 0.1) is 0 Å². The highest BCUT2D eigenvalue weighted by atomic mass is 15.2. The highest BCUT2D eigenvalue weighted by molar-refractivity contribution is 4.85. The molecule has 2 aliphatic rings. The molecule has 2 heteroatoms. The van der Waals surface area contributed by atoms with E-state index in [4.69, 9.17) is 5.73 Å². The summed E-state index contributed by atoms with van der Waals surface area (Å²) in [6.45, 7) is 4.52. The van der Waals surface area contributed by atoms with Crippen molar-refractivity contribution in [3.05, 3.63) is 0 Å². The first kappa shape index (κ1) is 13.4. The average Bonchev–Trinajstić information content (AvgIpc) is 2.64. The quantitative estimate of drug-likeness (QED) is 0.818. The van der Waals surface area contributed by atoms with Gasteiger partial charge in [-0.15, -0.1) is 0 Å². The molecule has 1 heterocycles. The summed E-state index contributed by atoms with van der Waals surface area (Å²) in [6, 6.07) is 1.53. The maximum atomic E-state index is 5.98. The van der Waals surface area contributed by atoms with Crippen LogP contribution in [-0.2, 0) is 0 Å². The second kappa shape index (κ2) is 6.75. The molecule has 1 aliphatic heterocycles. The van der Waals surface area contributed by atoms with Crippen molar-refractivity contribution in [1.82, 2.24) is 4.90 Å². The number of hydrogen-bond donors (Lipinski definition) is 1. The molecule has 0 spiro atoms. The summed E-state index contributed by atoms with van der Waals surface area (Å²) < 4.78 is 0. The zero-order valence-corrected chi connectivity index (χ0v) is 11.5. The third-order valence-electron chi connectivity index (χ3n) is 5.06. The average molecular weight is 238 g/mol. The second-order valence-corrected chi connectivity index (χ2v) is 6.06. The Morgan fingerprint density at radius 3 is 2.41 bits per heavy atom. The van der Waals surface area contributed by atoms with Gasteiger partial charge in [-0.25, -0.2) is 0 Å². The van der Waals surface area contributed by atoms with E-state index in [0.29, 0.717) is 6.04 Å². The van der Waals surface area contributed by atoms with Crippen LogP contribution in [0.5, 0.6) is 0 Å². The first-order chi connectivity index (χ1) is 8.35. The summed E-state index contributed by atoms with van der Waals surface area (Å²) in [5, 5.41) is 0. The fraction of sp³-hybridized carbons (Fsp3) is 1.00. The molecule has 1 aliphatic carbocycles. The summed E-state index contributed by atoms with van der Waals surface area (Å²) in [4.78, 5) is 2.78. The van der Waals surface area contributed by atoms with E-state index in [1.807, 2.05) is 0 Å². The fourth-order valence-electron chi connectivity index (χ4n) is 3.82. The number of likely N-dealkylation sites (tertiary alicyclic amines) is 1. The maximum absolute atomic E-state index is 5.98. The van der Waals surface area contributed by atoms with Gasteiger partial charge >= 0.3 is 0 Å². The van der Waals surface area contributed by atoms with Crippen molar-refractivity contribution < 1.29 is 0 Å². The van der Waals surface area contributed by atoms with E-state index >= 15 is 0 Å². The molecule has 0 bridgehead atoms. The van der Waals surface area contributed by atoms with Gasteiger partial charge in [0.25, 0.3) is 0 Å². The van der Waals surface area contributed by atoms with E-state index in [2.05, 4.69) is 11.8 Å². The lowest BCUT2D eigenvalue weighted by Gasteiger charge is -2.40. The Kier molecular flexibility index (Phi) is 5.30. The van der Waals surface area contributed by atoms with E-state index in [1.54, 1.807) is 0 Å². The summed E-state index contributed by atoms with van der Waals surface area (Å²) in [5.41, 5.74) is 5.98. The third-order valence-corrected chi connectivity index (χ3v) is 5.06. The van der Waals surface area contributed by atoms with Crippen LogP contribution in [0.3, 0.4) is 0 Å². The van der Waals surface area contributed by atoms with Gasteiger partial charge in [-0.05, 0) is 51.0 Å². The molecular weight excluding hydrogens is 208 g/mol. The molecule has 2 nitrogen and oxygen atoms in total. The van der Waals surface area contributed by atoms with Crippen LogP contribution in [0, 0.1) is 5.92 Å². The number of hydrogen-bond acceptors (Lipinski definition) is 2. The molecule has 100 valence electrons. The highest BCUT2D eigenvalue weighted by Gasteiger charge is 2.29. The van der Waals surface area contributed by atoms with Crippen molar-refractivity contribution in [2.24, 2.45) is 11.7 Å². The van der Waals surface area contributed by atoms with Crippen LogP contribution >= 0.6 is 0 Å². The van der Waals surface area contributed by atoms with Crippen LogP contribution in [0.1, 0.15) is 64.7 Å². The van der Waals surface area contributed by atoms with Gasteiger partial charge in [0.15, 0.2) is 0 Å². The minimum Gasteiger partial charge on any atom is -0.329 e. The smallest absolute Gasteiger partial charge is 0.0221 e. The molecule has 0 radical (unpaired) electrons. The van der Waals surface area contributed by atoms with Crippen LogP contribution in [0.25, 0.3) is 0 Å². The lowest BCUT2D eigenvalue weighted by molar-refractivity contribution is 0.0954. The van der Waals surface area contributed by atoms with E-state index in [1.165, 1.54) is 64.3 Å². The Morgan fingerprint density at radius 2 is 1.76 bits per heavy atom. The summed E-state index contributed by atoms with van der Waals surface area (Å²) in [7, 11) is 0. The van der Waals surface area contributed by atoms with Crippen LogP contribution in [-0.4, -0.2) is 30.1 Å². The molecule has 1 saturated heterocycles. The van der Waals surface area contributed by atoms with Crippen molar-refractivity contribution in [1.29, 1.82) is 0 Å². The topological polar surface area (TPSA) is 29.3 Å². The molecule has 1 atom stereocenters. The molecule has 17 heavy (non-hydrogen) atoms. The minimum atomic E-state index is 0.681. The van der Waals surface area contributed by atoms with E-state index in [9.17, 15) is 0 Å². The van der Waals surface area contributed by atoms with Crippen LogP contribution in [0.15, 0.2) is 0 Å². The summed E-state index contributed by atoms with van der Waals surface area (Å²) >= 11 is 0. The first-order valence-corrected chi connectivity index (χ1v) is 7.81. The number of nitrogens with two attached hydrogens (primary N) is 1. The molecule has 1 saturated carbocycles. The monoisotopic (exact) mass is 238 g/mol. The lowest BCUT2D eigenvalue weighted by Crippen LogP contribution is -2.47. The van der Waals surface area contributed by atoms with E-state index in [-0.39, 0.29) is 0 Å². The maximum Gasteiger partial charge on any atom is 0.0221 e. The van der Waals surface area contributed by atoms with Gasteiger partial charge in [-0.3, -0.25) is 4.90 Å². The van der Waals surface area contributed by atoms with Crippen LogP contribution in [0.2, 0.25) is 0 Å². The van der Waals surface area contributed by atoms with E-state index < -0.39 is 0 Å². The molecule has 0 amide bonds. The Morgan fingerprint density at radius 1 is 1.00 bits per heavy atom. The highest BCUT2D eigenvalue weighted by Crippen LogP contribution is 2.32. The molecule has 1 unspecified atom stereocenters. The molecule has 0 aromatic carbocycles. The van der Waals surface area contributed by atoms with Crippen molar-refractivity contribution in [3.8, 4) is 0 Å². The third kappa shape index (κ3) is 3.45. The molecular formula is C15H30N2. The van der Waals surface area contributed by atoms with Gasteiger partial charge in [0.1, 0.15) is 0 Å². The van der Waals surface area contributed by atoms with Crippen LogP contribution < -0.4 is 5.73 Å². The predicted octanol–water partition coefficient (Wildman–Crippen LogP) is 3.16. The van der Waals surface area contributed by atoms with Crippen molar-refractivity contribution in [3.63, 3.8) is 0 Å². The molecule has 0 aromatic rings. The van der Waals surface area contributed by atoms with Crippen molar-refractivity contribution in [2.45, 2.75) is 76.8 Å². The lowest BCUT2D eigenvalue weighted by atomic mass is 9.83. The zero-order valence-electron chi connectivity index (χ0n) is 11.5. The Bertz CT molecular complexity index is 209. The van der Waals surface area contributed by atoms with Crippen molar-refractivity contribution >= 4 is 0 Å². The van der Waals surface area contributed by atoms with Crippen molar-refractivity contribution in [2.75, 3.05) is 13.1 Å². The largest absolute Gasteiger partial charge is 0.329 e. The SMILES string of the molecule is CCC1CCC(N2CCCCCC2CN)CC1. The summed E-state index contributed by atoms with van der Waals surface area (Å²) in [6.07, 6.45) is 12.7.